The van der Waals surface area contributed by atoms with Crippen LogP contribution >= 0.6 is 0 Å². The van der Waals surface area contributed by atoms with Crippen LogP contribution in [-0.4, -0.2) is 51.6 Å². The van der Waals surface area contributed by atoms with Crippen molar-refractivity contribution in [1.29, 1.82) is 0 Å². The van der Waals surface area contributed by atoms with Crippen molar-refractivity contribution in [1.82, 2.24) is 19.7 Å². The molecule has 0 unspecified atom stereocenters. The Balaban J connectivity index is 1.46. The number of rotatable bonds is 1. The van der Waals surface area contributed by atoms with E-state index in [4.69, 9.17) is 10.5 Å². The highest BCUT2D eigenvalue weighted by Crippen LogP contribution is 2.41. The second-order valence-corrected chi connectivity index (χ2v) is 8.81. The van der Waals surface area contributed by atoms with E-state index in [1.165, 1.54) is 10.6 Å². The number of anilines is 1. The number of fused-ring (bicyclic) bond motifs is 1. The summed E-state index contributed by atoms with van der Waals surface area (Å²) >= 11 is 0. The van der Waals surface area contributed by atoms with E-state index in [2.05, 4.69) is 31.9 Å². The third-order valence-corrected chi connectivity index (χ3v) is 6.94. The molecule has 2 saturated heterocycles. The van der Waals surface area contributed by atoms with Gasteiger partial charge in [-0.15, -0.1) is 0 Å². The van der Waals surface area contributed by atoms with Gasteiger partial charge in [-0.2, -0.15) is 10.1 Å². The molecule has 2 aromatic heterocycles. The van der Waals surface area contributed by atoms with E-state index < -0.39 is 11.6 Å². The van der Waals surface area contributed by atoms with E-state index in [9.17, 15) is 13.6 Å². The van der Waals surface area contributed by atoms with Gasteiger partial charge in [0.2, 0.25) is 5.95 Å². The van der Waals surface area contributed by atoms with Crippen molar-refractivity contribution in [3.63, 3.8) is 0 Å². The summed E-state index contributed by atoms with van der Waals surface area (Å²) in [7, 11) is 1.64. The number of ether oxygens (including phenoxy) is 1. The quantitative estimate of drug-likeness (QED) is 0.543. The molecule has 1 aromatic carbocycles. The Labute approximate surface area is 188 Å². The van der Waals surface area contributed by atoms with Gasteiger partial charge in [-0.3, -0.25) is 14.5 Å². The van der Waals surface area contributed by atoms with Crippen LogP contribution in [0.25, 0.3) is 11.0 Å². The second-order valence-electron chi connectivity index (χ2n) is 8.81. The molecule has 2 aliphatic heterocycles. The highest BCUT2D eigenvalue weighted by Gasteiger charge is 2.47. The molecule has 33 heavy (non-hydrogen) atoms. The highest BCUT2D eigenvalue weighted by atomic mass is 19.1. The molecule has 5 rings (SSSR count). The molecule has 0 radical (unpaired) electrons. The third-order valence-electron chi connectivity index (χ3n) is 6.94. The second kappa shape index (κ2) is 7.93. The maximum atomic E-state index is 13.9. The van der Waals surface area contributed by atoms with Gasteiger partial charge in [-0.05, 0) is 37.8 Å². The predicted octanol–water partition coefficient (Wildman–Crippen LogP) is 1.67. The molecule has 10 heteroatoms. The lowest BCUT2D eigenvalue weighted by Crippen LogP contribution is -2.51. The first-order valence-corrected chi connectivity index (χ1v) is 10.8. The number of benzene rings is 1. The number of aromatic amines is 1. The van der Waals surface area contributed by atoms with E-state index >= 15 is 0 Å². The molecule has 0 bridgehead atoms. The number of nitrogens with two attached hydrogens (primary N) is 1. The first kappa shape index (κ1) is 21.6. The summed E-state index contributed by atoms with van der Waals surface area (Å²) in [5.74, 6) is 4.05. The Hall–Kier alpha value is -3.29. The number of piperidine rings is 1. The SMILES string of the molecule is C[C@@H]1OCC2(CCN(c3nc4n[nH]c(C#Cc5c(F)cccc5F)c4c(=O)n3C)CC2)[C@@H]1N. The van der Waals surface area contributed by atoms with Crippen LogP contribution in [0.5, 0.6) is 0 Å². The molecule has 4 heterocycles. The van der Waals surface area contributed by atoms with Crippen molar-refractivity contribution in [2.75, 3.05) is 24.6 Å². The summed E-state index contributed by atoms with van der Waals surface area (Å²) in [6, 6.07) is 3.50. The first-order chi connectivity index (χ1) is 15.8. The molecule has 1 spiro atoms. The van der Waals surface area contributed by atoms with Crippen LogP contribution in [0.4, 0.5) is 14.7 Å². The minimum atomic E-state index is -0.774. The minimum Gasteiger partial charge on any atom is -0.376 e. The fourth-order valence-corrected chi connectivity index (χ4v) is 4.78. The summed E-state index contributed by atoms with van der Waals surface area (Å²) in [6.45, 7) is 4.04. The maximum absolute atomic E-state index is 13.9. The van der Waals surface area contributed by atoms with Gasteiger partial charge in [0.15, 0.2) is 5.65 Å². The zero-order valence-electron chi connectivity index (χ0n) is 18.4. The molecule has 3 aromatic rings. The van der Waals surface area contributed by atoms with E-state index in [1.54, 1.807) is 7.05 Å². The Morgan fingerprint density at radius 3 is 2.58 bits per heavy atom. The molecule has 172 valence electrons. The van der Waals surface area contributed by atoms with Gasteiger partial charge in [0.05, 0.1) is 18.3 Å². The third kappa shape index (κ3) is 3.48. The lowest BCUT2D eigenvalue weighted by molar-refractivity contribution is 0.0973. The summed E-state index contributed by atoms with van der Waals surface area (Å²) in [5, 5.41) is 6.98. The Kier molecular flexibility index (Phi) is 5.18. The Morgan fingerprint density at radius 1 is 1.24 bits per heavy atom. The van der Waals surface area contributed by atoms with Gasteiger partial charge in [0.1, 0.15) is 22.7 Å². The average Bonchev–Trinajstić information content (AvgIpc) is 3.33. The smallest absolute Gasteiger partial charge is 0.267 e. The van der Waals surface area contributed by atoms with Crippen molar-refractivity contribution >= 4 is 17.0 Å². The summed E-state index contributed by atoms with van der Waals surface area (Å²) in [6.07, 6.45) is 1.73. The number of hydrogen-bond donors (Lipinski definition) is 2. The standard InChI is InChI=1S/C23H24F2N6O2/c1-13-19(26)23(12-33-13)8-10-31(11-9-23)22-27-20-18(21(32)30(22)2)17(28-29-20)7-6-14-15(24)4-3-5-16(14)25/h3-5,13,19H,8-12,26H2,1-2H3,(H,28,29)/t13-,19+/m0/s1. The lowest BCUT2D eigenvalue weighted by atomic mass is 9.73. The number of nitrogens with one attached hydrogen (secondary N) is 1. The minimum absolute atomic E-state index is 0.00864. The molecule has 2 aliphatic rings. The highest BCUT2D eigenvalue weighted by molar-refractivity contribution is 5.81. The van der Waals surface area contributed by atoms with E-state index in [1.807, 2.05) is 6.92 Å². The molecule has 0 amide bonds. The van der Waals surface area contributed by atoms with Gasteiger partial charge in [-0.25, -0.2) is 8.78 Å². The van der Waals surface area contributed by atoms with Crippen molar-refractivity contribution < 1.29 is 13.5 Å². The molecule has 8 nitrogen and oxygen atoms in total. The predicted molar refractivity (Wildman–Crippen MR) is 119 cm³/mol. The topological polar surface area (TPSA) is 102 Å². The molecular formula is C23H24F2N6O2. The summed E-state index contributed by atoms with van der Waals surface area (Å²) < 4.78 is 35.0. The molecule has 2 atom stereocenters. The normalized spacial score (nSPS) is 22.0. The fourth-order valence-electron chi connectivity index (χ4n) is 4.78. The lowest BCUT2D eigenvalue weighted by Gasteiger charge is -2.41. The van der Waals surface area contributed by atoms with E-state index in [-0.39, 0.29) is 45.4 Å². The van der Waals surface area contributed by atoms with Crippen LogP contribution in [0.2, 0.25) is 0 Å². The van der Waals surface area contributed by atoms with Gasteiger partial charge in [-0.1, -0.05) is 12.0 Å². The van der Waals surface area contributed by atoms with Crippen LogP contribution in [0.3, 0.4) is 0 Å². The van der Waals surface area contributed by atoms with Crippen LogP contribution in [0, 0.1) is 28.9 Å². The molecular weight excluding hydrogens is 430 g/mol. The first-order valence-electron chi connectivity index (χ1n) is 10.8. The molecule has 2 fully saturated rings. The van der Waals surface area contributed by atoms with Crippen molar-refractivity contribution in [3.8, 4) is 11.8 Å². The van der Waals surface area contributed by atoms with Crippen LogP contribution < -0.4 is 16.2 Å². The maximum Gasteiger partial charge on any atom is 0.267 e. The summed E-state index contributed by atoms with van der Waals surface area (Å²) in [4.78, 5) is 19.8. The zero-order valence-corrected chi connectivity index (χ0v) is 18.4. The van der Waals surface area contributed by atoms with Crippen LogP contribution in [0.15, 0.2) is 23.0 Å². The van der Waals surface area contributed by atoms with Crippen molar-refractivity contribution in [2.24, 2.45) is 18.2 Å². The average molecular weight is 454 g/mol. The largest absolute Gasteiger partial charge is 0.376 e. The van der Waals surface area contributed by atoms with Gasteiger partial charge < -0.3 is 15.4 Å². The van der Waals surface area contributed by atoms with Gasteiger partial charge in [0, 0.05) is 31.6 Å². The van der Waals surface area contributed by atoms with Gasteiger partial charge in [0.25, 0.3) is 5.56 Å². The number of aromatic nitrogens is 4. The number of halogens is 2. The summed E-state index contributed by atoms with van der Waals surface area (Å²) in [5.41, 5.74) is 6.02. The monoisotopic (exact) mass is 454 g/mol. The number of hydrogen-bond acceptors (Lipinski definition) is 6. The van der Waals surface area contributed by atoms with E-state index in [0.29, 0.717) is 25.6 Å². The molecule has 0 saturated carbocycles. The van der Waals surface area contributed by atoms with Crippen LogP contribution in [-0.2, 0) is 11.8 Å². The van der Waals surface area contributed by atoms with Crippen molar-refractivity contribution in [2.45, 2.75) is 31.9 Å². The zero-order chi connectivity index (χ0) is 23.3. The number of nitrogens with zero attached hydrogens (tertiary/aromatic N) is 4. The van der Waals surface area contributed by atoms with E-state index in [0.717, 1.165) is 25.0 Å². The molecule has 3 N–H and O–H groups in total. The Morgan fingerprint density at radius 2 is 1.94 bits per heavy atom. The van der Waals surface area contributed by atoms with Crippen molar-refractivity contribution in [3.05, 3.63) is 51.4 Å². The number of H-pyrrole nitrogens is 1. The molecule has 0 aliphatic carbocycles. The van der Waals surface area contributed by atoms with Crippen LogP contribution in [0.1, 0.15) is 31.0 Å². The Bertz CT molecular complexity index is 1330. The van der Waals surface area contributed by atoms with Gasteiger partial charge >= 0.3 is 0 Å². The fraction of sp³-hybridized carbons (Fsp3) is 0.435.